The number of carbonyl (C=O) groups excluding carboxylic acids is 2. The van der Waals surface area contributed by atoms with Crippen LogP contribution in [0.5, 0.6) is 5.75 Å². The molecule has 0 saturated carbocycles. The first-order valence-electron chi connectivity index (χ1n) is 11.8. The van der Waals surface area contributed by atoms with Crippen LogP contribution in [0, 0.1) is 5.82 Å². The third kappa shape index (κ3) is 6.62. The number of carbonyl (C=O) groups is 2. The van der Waals surface area contributed by atoms with Crippen molar-refractivity contribution in [1.29, 1.82) is 0 Å². The molecule has 8 nitrogen and oxygen atoms in total. The molecule has 0 saturated heterocycles. The van der Waals surface area contributed by atoms with Gasteiger partial charge < -0.3 is 15.0 Å². The fraction of sp³-hybridized carbons (Fsp3) is 0.259. The maximum atomic E-state index is 13.8. The zero-order chi connectivity index (χ0) is 27.9. The Labute approximate surface area is 227 Å². The molecule has 2 amide bonds. The van der Waals surface area contributed by atoms with Crippen molar-refractivity contribution in [2.45, 2.75) is 30.8 Å². The van der Waals surface area contributed by atoms with Gasteiger partial charge in [-0.25, -0.2) is 12.8 Å². The highest BCUT2D eigenvalue weighted by atomic mass is 35.5. The summed E-state index contributed by atoms with van der Waals surface area (Å²) in [5.74, 6) is -1.15. The summed E-state index contributed by atoms with van der Waals surface area (Å²) in [5, 5.41) is 2.71. The summed E-state index contributed by atoms with van der Waals surface area (Å²) in [6.45, 7) is 1.09. The molecule has 1 atom stereocenters. The Bertz CT molecular complexity index is 1370. The van der Waals surface area contributed by atoms with Gasteiger partial charge in [-0.3, -0.25) is 13.9 Å². The van der Waals surface area contributed by atoms with Gasteiger partial charge in [0.05, 0.1) is 22.7 Å². The van der Waals surface area contributed by atoms with E-state index in [2.05, 4.69) is 5.32 Å². The van der Waals surface area contributed by atoms with E-state index in [1.165, 1.54) is 73.7 Å². The lowest BCUT2D eigenvalue weighted by atomic mass is 10.1. The molecule has 0 aliphatic heterocycles. The summed E-state index contributed by atoms with van der Waals surface area (Å²) in [5.41, 5.74) is 0.717. The van der Waals surface area contributed by atoms with Gasteiger partial charge in [0, 0.05) is 13.6 Å². The predicted octanol–water partition coefficient (Wildman–Crippen LogP) is 4.24. The van der Waals surface area contributed by atoms with Crippen LogP contribution in [0.25, 0.3) is 0 Å². The quantitative estimate of drug-likeness (QED) is 0.378. The van der Waals surface area contributed by atoms with Crippen molar-refractivity contribution in [1.82, 2.24) is 10.2 Å². The monoisotopic (exact) mass is 561 g/mol. The summed E-state index contributed by atoms with van der Waals surface area (Å²) < 4.78 is 47.1. The first kappa shape index (κ1) is 28.9. The third-order valence-corrected chi connectivity index (χ3v) is 8.02. The molecule has 3 aromatic rings. The number of nitrogens with one attached hydrogen (secondary N) is 1. The molecule has 0 fully saturated rings. The molecule has 0 radical (unpaired) electrons. The van der Waals surface area contributed by atoms with Crippen molar-refractivity contribution in [3.05, 3.63) is 89.2 Å². The number of halogens is 2. The molecular weight excluding hydrogens is 533 g/mol. The maximum absolute atomic E-state index is 13.8. The van der Waals surface area contributed by atoms with Crippen molar-refractivity contribution in [3.63, 3.8) is 0 Å². The van der Waals surface area contributed by atoms with E-state index in [-0.39, 0.29) is 28.6 Å². The van der Waals surface area contributed by atoms with Crippen LogP contribution >= 0.6 is 11.6 Å². The Hall–Kier alpha value is -3.63. The summed E-state index contributed by atoms with van der Waals surface area (Å²) in [4.78, 5) is 27.8. The number of sulfonamides is 1. The minimum atomic E-state index is -4.22. The lowest BCUT2D eigenvalue weighted by Gasteiger charge is -2.33. The molecule has 0 aliphatic carbocycles. The number of benzene rings is 3. The number of hydrogen-bond acceptors (Lipinski definition) is 5. The number of hydrogen-bond donors (Lipinski definition) is 1. The van der Waals surface area contributed by atoms with E-state index in [4.69, 9.17) is 16.3 Å². The van der Waals surface area contributed by atoms with Gasteiger partial charge in [0.2, 0.25) is 11.8 Å². The second-order valence-electron chi connectivity index (χ2n) is 8.33. The highest BCUT2D eigenvalue weighted by Crippen LogP contribution is 2.32. The van der Waals surface area contributed by atoms with Crippen LogP contribution in [0.4, 0.5) is 10.1 Å². The molecule has 38 heavy (non-hydrogen) atoms. The van der Waals surface area contributed by atoms with E-state index >= 15 is 0 Å². The fourth-order valence-corrected chi connectivity index (χ4v) is 5.61. The van der Waals surface area contributed by atoms with Crippen LogP contribution in [0.1, 0.15) is 18.9 Å². The number of rotatable bonds is 11. The van der Waals surface area contributed by atoms with Crippen LogP contribution in [-0.2, 0) is 26.2 Å². The van der Waals surface area contributed by atoms with E-state index in [0.29, 0.717) is 11.3 Å². The van der Waals surface area contributed by atoms with Gasteiger partial charge in [-0.2, -0.15) is 0 Å². The van der Waals surface area contributed by atoms with Crippen molar-refractivity contribution in [2.24, 2.45) is 0 Å². The Balaban J connectivity index is 2.07. The average Bonchev–Trinajstić information content (AvgIpc) is 2.92. The van der Waals surface area contributed by atoms with Crippen LogP contribution in [-0.4, -0.2) is 51.9 Å². The average molecular weight is 562 g/mol. The fourth-order valence-electron chi connectivity index (χ4n) is 3.93. The molecule has 1 N–H and O–H groups in total. The highest BCUT2D eigenvalue weighted by molar-refractivity contribution is 7.92. The summed E-state index contributed by atoms with van der Waals surface area (Å²) >= 11 is 6.30. The number of amides is 2. The number of ether oxygens (including phenoxy) is 1. The largest absolute Gasteiger partial charge is 0.495 e. The van der Waals surface area contributed by atoms with Crippen molar-refractivity contribution >= 4 is 39.1 Å². The molecule has 202 valence electrons. The van der Waals surface area contributed by atoms with Crippen molar-refractivity contribution in [3.8, 4) is 5.75 Å². The van der Waals surface area contributed by atoms with Gasteiger partial charge in [0.25, 0.3) is 10.0 Å². The van der Waals surface area contributed by atoms with E-state index in [9.17, 15) is 22.4 Å². The van der Waals surface area contributed by atoms with Crippen molar-refractivity contribution < 1.29 is 27.1 Å². The zero-order valence-electron chi connectivity index (χ0n) is 21.2. The van der Waals surface area contributed by atoms with Crippen LogP contribution in [0.2, 0.25) is 5.02 Å². The van der Waals surface area contributed by atoms with Gasteiger partial charge in [-0.05, 0) is 54.4 Å². The molecule has 0 aromatic heterocycles. The minimum absolute atomic E-state index is 0.0248. The lowest BCUT2D eigenvalue weighted by Crippen LogP contribution is -2.51. The smallest absolute Gasteiger partial charge is 0.264 e. The van der Waals surface area contributed by atoms with Gasteiger partial charge in [0.15, 0.2) is 0 Å². The van der Waals surface area contributed by atoms with Gasteiger partial charge in [0.1, 0.15) is 24.2 Å². The van der Waals surface area contributed by atoms with E-state index in [1.807, 2.05) is 0 Å². The minimum Gasteiger partial charge on any atom is -0.495 e. The molecule has 3 rings (SSSR count). The third-order valence-electron chi connectivity index (χ3n) is 5.93. The molecule has 0 spiro atoms. The summed E-state index contributed by atoms with van der Waals surface area (Å²) in [7, 11) is -1.33. The predicted molar refractivity (Wildman–Crippen MR) is 144 cm³/mol. The summed E-state index contributed by atoms with van der Waals surface area (Å²) in [6.07, 6.45) is 0.270. The first-order chi connectivity index (χ1) is 18.1. The molecular formula is C27H29ClFN3O5S. The van der Waals surface area contributed by atoms with E-state index in [1.54, 1.807) is 25.1 Å². The van der Waals surface area contributed by atoms with E-state index in [0.717, 1.165) is 4.31 Å². The Morgan fingerprint density at radius 1 is 1.05 bits per heavy atom. The van der Waals surface area contributed by atoms with Gasteiger partial charge in [-0.15, -0.1) is 0 Å². The first-order valence-corrected chi connectivity index (χ1v) is 13.6. The van der Waals surface area contributed by atoms with Gasteiger partial charge >= 0.3 is 0 Å². The second-order valence-corrected chi connectivity index (χ2v) is 10.6. The second kappa shape index (κ2) is 12.7. The lowest BCUT2D eigenvalue weighted by molar-refractivity contribution is -0.140. The number of methoxy groups -OCH3 is 1. The van der Waals surface area contributed by atoms with Crippen molar-refractivity contribution in [2.75, 3.05) is 25.0 Å². The number of anilines is 1. The summed E-state index contributed by atoms with van der Waals surface area (Å²) in [6, 6.07) is 16.7. The van der Waals surface area contributed by atoms with E-state index < -0.39 is 40.2 Å². The molecule has 3 aromatic carbocycles. The van der Waals surface area contributed by atoms with Crippen LogP contribution < -0.4 is 14.4 Å². The SMILES string of the molecule is CC[C@@H](C(=O)NC)N(Cc1ccc(F)cc1)C(=O)CN(c1ccc(OC)c(Cl)c1)S(=O)(=O)c1ccccc1. The molecule has 0 aliphatic rings. The molecule has 0 heterocycles. The highest BCUT2D eigenvalue weighted by Gasteiger charge is 2.33. The Kier molecular flexibility index (Phi) is 9.71. The standard InChI is InChI=1S/C27H29ClFN3O5S/c1-4-24(27(34)30-2)31(17-19-10-12-20(29)13-11-19)26(33)18-32(21-14-15-25(37-3)23(28)16-21)38(35,36)22-8-6-5-7-9-22/h5-16,24H,4,17-18H2,1-3H3,(H,30,34)/t24-/m0/s1. The number of nitrogens with zero attached hydrogens (tertiary/aromatic N) is 2. The van der Waals surface area contributed by atoms with Crippen LogP contribution in [0.15, 0.2) is 77.7 Å². The maximum Gasteiger partial charge on any atom is 0.264 e. The Morgan fingerprint density at radius 3 is 2.26 bits per heavy atom. The van der Waals surface area contributed by atoms with Crippen LogP contribution in [0.3, 0.4) is 0 Å². The normalized spacial score (nSPS) is 11.9. The van der Waals surface area contributed by atoms with Gasteiger partial charge in [-0.1, -0.05) is 48.9 Å². The number of likely N-dealkylation sites (N-methyl/N-ethyl adjacent to an activating group) is 1. The zero-order valence-corrected chi connectivity index (χ0v) is 22.8. The molecule has 11 heteroatoms. The molecule has 0 unspecified atom stereocenters. The Morgan fingerprint density at radius 2 is 1.71 bits per heavy atom. The molecule has 0 bridgehead atoms. The topological polar surface area (TPSA) is 96.0 Å².